The van der Waals surface area contributed by atoms with E-state index in [-0.39, 0.29) is 6.10 Å². The van der Waals surface area contributed by atoms with Crippen LogP contribution in [0.4, 0.5) is 0 Å². The maximum atomic E-state index is 9.39. The van der Waals surface area contributed by atoms with Crippen LogP contribution in [-0.4, -0.2) is 42.7 Å². The monoisotopic (exact) mass is 466 g/mol. The molecule has 0 atom stereocenters. The van der Waals surface area contributed by atoms with Crippen molar-refractivity contribution in [2.24, 2.45) is 18.9 Å². The van der Waals surface area contributed by atoms with Crippen LogP contribution in [0, 0.1) is 11.8 Å². The largest absolute Gasteiger partial charge is 0.465 e. The Morgan fingerprint density at radius 1 is 0.879 bits per heavy atom. The van der Waals surface area contributed by atoms with Gasteiger partial charge in [0, 0.05) is 30.7 Å². The van der Waals surface area contributed by atoms with Crippen LogP contribution in [0.25, 0.3) is 10.9 Å². The minimum atomic E-state index is 0.0301. The molecule has 0 spiro atoms. The topological polar surface area (TPSA) is 34.5 Å². The minimum Gasteiger partial charge on any atom is -0.465 e. The molecule has 0 aliphatic heterocycles. The molecule has 0 saturated heterocycles. The lowest BCUT2D eigenvalue weighted by Crippen LogP contribution is -2.14. The van der Waals surface area contributed by atoms with Gasteiger partial charge in [-0.1, -0.05) is 87.4 Å². The standard InChI is InChI=1S/C13H18N2.C6H14.C4H8O2.3C2H6/c1-14(2)9-8-11-10-15(3)13-7-5-4-6-12(11)13;1-5(2)6(3)4;1-4(2)6-3-5;3*1-2/h4-7,10H,8-9H2,1-3H3;5-6H,1-4H3;3-4H,1-2H3;3*1-2H3. The average molecular weight is 467 g/mol. The van der Waals surface area contributed by atoms with Crippen molar-refractivity contribution in [2.45, 2.75) is 95.6 Å². The molecule has 2 aromatic rings. The predicted octanol–water partition coefficient (Wildman–Crippen LogP) is 8.23. The van der Waals surface area contributed by atoms with E-state index < -0.39 is 0 Å². The Hall–Kier alpha value is -1.81. The van der Waals surface area contributed by atoms with Gasteiger partial charge in [-0.15, -0.1) is 0 Å². The van der Waals surface area contributed by atoms with Crippen molar-refractivity contribution in [2.75, 3.05) is 20.6 Å². The number of hydrogen-bond donors (Lipinski definition) is 0. The lowest BCUT2D eigenvalue weighted by Gasteiger charge is -2.07. The fourth-order valence-electron chi connectivity index (χ4n) is 2.08. The first-order valence-electron chi connectivity index (χ1n) is 12.9. The molecular formula is C29H58N2O2. The van der Waals surface area contributed by atoms with E-state index >= 15 is 0 Å². The Labute approximate surface area is 207 Å². The van der Waals surface area contributed by atoms with Crippen molar-refractivity contribution in [1.29, 1.82) is 0 Å². The Kier molecular flexibility index (Phi) is 30.8. The van der Waals surface area contributed by atoms with Crippen LogP contribution in [0.15, 0.2) is 30.5 Å². The van der Waals surface area contributed by atoms with Crippen LogP contribution in [0.3, 0.4) is 0 Å². The van der Waals surface area contributed by atoms with E-state index in [1.165, 1.54) is 16.5 Å². The van der Waals surface area contributed by atoms with Gasteiger partial charge in [-0.05, 0) is 57.8 Å². The molecule has 0 amide bonds. The summed E-state index contributed by atoms with van der Waals surface area (Å²) in [4.78, 5) is 11.6. The first-order valence-corrected chi connectivity index (χ1v) is 12.9. The summed E-state index contributed by atoms with van der Waals surface area (Å²) in [6.07, 6.45) is 3.39. The van der Waals surface area contributed by atoms with E-state index in [1.807, 2.05) is 41.5 Å². The summed E-state index contributed by atoms with van der Waals surface area (Å²) in [6, 6.07) is 8.59. The number of para-hydroxylation sites is 1. The summed E-state index contributed by atoms with van der Waals surface area (Å²) >= 11 is 0. The number of rotatable bonds is 6. The molecule has 1 aromatic heterocycles. The molecule has 4 nitrogen and oxygen atoms in total. The van der Waals surface area contributed by atoms with Gasteiger partial charge in [-0.3, -0.25) is 4.79 Å². The van der Waals surface area contributed by atoms with Crippen molar-refractivity contribution in [1.82, 2.24) is 9.47 Å². The molecular weight excluding hydrogens is 408 g/mol. The summed E-state index contributed by atoms with van der Waals surface area (Å²) in [6.45, 7) is 26.1. The van der Waals surface area contributed by atoms with Gasteiger partial charge in [0.1, 0.15) is 0 Å². The Morgan fingerprint density at radius 3 is 1.67 bits per heavy atom. The van der Waals surface area contributed by atoms with Crippen LogP contribution in [0.2, 0.25) is 0 Å². The number of benzene rings is 1. The molecule has 0 fully saturated rings. The molecule has 0 radical (unpaired) electrons. The van der Waals surface area contributed by atoms with Crippen LogP contribution in [-0.2, 0) is 23.0 Å². The zero-order chi connectivity index (χ0) is 27.0. The number of carbonyl (C=O) groups excluding carboxylic acids is 1. The van der Waals surface area contributed by atoms with E-state index in [1.54, 1.807) is 13.8 Å². The SMILES string of the molecule is CC.CC.CC.CC(C)C(C)C.CC(C)OC=O.CN(C)CCc1cn(C)c2ccccc12. The molecule has 0 saturated carbocycles. The van der Waals surface area contributed by atoms with E-state index in [4.69, 9.17) is 0 Å². The number of carbonyl (C=O) groups is 1. The predicted molar refractivity (Wildman–Crippen MR) is 151 cm³/mol. The lowest BCUT2D eigenvalue weighted by atomic mass is 10.0. The van der Waals surface area contributed by atoms with Gasteiger partial charge >= 0.3 is 0 Å². The van der Waals surface area contributed by atoms with Crippen molar-refractivity contribution >= 4 is 17.4 Å². The molecule has 33 heavy (non-hydrogen) atoms. The highest BCUT2D eigenvalue weighted by molar-refractivity contribution is 5.83. The third-order valence-corrected chi connectivity index (χ3v) is 4.47. The molecule has 0 unspecified atom stereocenters. The lowest BCUT2D eigenvalue weighted by molar-refractivity contribution is -0.131. The molecule has 0 N–H and O–H groups in total. The van der Waals surface area contributed by atoms with Gasteiger partial charge in [-0.2, -0.15) is 0 Å². The summed E-state index contributed by atoms with van der Waals surface area (Å²) in [5.74, 6) is 1.70. The number of nitrogens with zero attached hydrogens (tertiary/aromatic N) is 2. The number of aryl methyl sites for hydroxylation is 1. The smallest absolute Gasteiger partial charge is 0.293 e. The van der Waals surface area contributed by atoms with Gasteiger partial charge in [0.15, 0.2) is 0 Å². The summed E-state index contributed by atoms with van der Waals surface area (Å²) in [5, 5.41) is 1.39. The van der Waals surface area contributed by atoms with Gasteiger partial charge in [0.25, 0.3) is 6.47 Å². The summed E-state index contributed by atoms with van der Waals surface area (Å²) < 4.78 is 6.57. The molecule has 0 bridgehead atoms. The van der Waals surface area contributed by atoms with Crippen LogP contribution in [0.1, 0.15) is 88.6 Å². The fraction of sp³-hybridized carbons (Fsp3) is 0.690. The Balaban J connectivity index is -0.000000197. The van der Waals surface area contributed by atoms with Crippen molar-refractivity contribution in [3.05, 3.63) is 36.0 Å². The Bertz CT molecular complexity index is 638. The van der Waals surface area contributed by atoms with E-state index in [9.17, 15) is 4.79 Å². The first-order chi connectivity index (χ1) is 15.6. The molecule has 1 aromatic carbocycles. The normalized spacial score (nSPS) is 9.30. The zero-order valence-corrected chi connectivity index (χ0v) is 24.8. The highest BCUT2D eigenvalue weighted by Crippen LogP contribution is 2.20. The van der Waals surface area contributed by atoms with Gasteiger partial charge < -0.3 is 14.2 Å². The van der Waals surface area contributed by atoms with Crippen molar-refractivity contribution in [3.8, 4) is 0 Å². The zero-order valence-electron chi connectivity index (χ0n) is 24.8. The number of fused-ring (bicyclic) bond motifs is 1. The average Bonchev–Trinajstić information content (AvgIpc) is 3.13. The molecule has 0 aliphatic carbocycles. The Morgan fingerprint density at radius 2 is 1.33 bits per heavy atom. The maximum Gasteiger partial charge on any atom is 0.293 e. The van der Waals surface area contributed by atoms with Gasteiger partial charge in [-0.25, -0.2) is 0 Å². The van der Waals surface area contributed by atoms with Crippen LogP contribution < -0.4 is 0 Å². The van der Waals surface area contributed by atoms with E-state index in [2.05, 4.69) is 93.5 Å². The van der Waals surface area contributed by atoms with Crippen LogP contribution in [0.5, 0.6) is 0 Å². The summed E-state index contributed by atoms with van der Waals surface area (Å²) in [7, 11) is 6.34. The number of ether oxygens (including phenoxy) is 1. The maximum absolute atomic E-state index is 9.39. The van der Waals surface area contributed by atoms with E-state index in [0.717, 1.165) is 24.8 Å². The minimum absolute atomic E-state index is 0.0301. The van der Waals surface area contributed by atoms with Crippen molar-refractivity contribution in [3.63, 3.8) is 0 Å². The molecule has 1 heterocycles. The number of hydrogen-bond acceptors (Lipinski definition) is 3. The second-order valence-electron chi connectivity index (χ2n) is 8.10. The second-order valence-corrected chi connectivity index (χ2v) is 8.10. The van der Waals surface area contributed by atoms with Gasteiger partial charge in [0.05, 0.1) is 6.10 Å². The quantitative estimate of drug-likeness (QED) is 0.402. The molecule has 0 aliphatic rings. The summed E-state index contributed by atoms with van der Waals surface area (Å²) in [5.41, 5.74) is 2.77. The number of likely N-dealkylation sites (N-methyl/N-ethyl adjacent to an activating group) is 1. The molecule has 4 heteroatoms. The fourth-order valence-corrected chi connectivity index (χ4v) is 2.08. The molecule has 196 valence electrons. The van der Waals surface area contributed by atoms with Crippen LogP contribution >= 0.6 is 0 Å². The third-order valence-electron chi connectivity index (χ3n) is 4.47. The van der Waals surface area contributed by atoms with Crippen molar-refractivity contribution < 1.29 is 9.53 Å². The third kappa shape index (κ3) is 21.8. The van der Waals surface area contributed by atoms with Gasteiger partial charge in [0.2, 0.25) is 0 Å². The highest BCUT2D eigenvalue weighted by atomic mass is 16.5. The number of aromatic nitrogens is 1. The highest BCUT2D eigenvalue weighted by Gasteiger charge is 2.05. The molecule has 2 rings (SSSR count). The second kappa shape index (κ2) is 26.4. The van der Waals surface area contributed by atoms with E-state index in [0.29, 0.717) is 6.47 Å². The first kappa shape index (κ1) is 38.5.